The molecule has 43 heavy (non-hydrogen) atoms. The Hall–Kier alpha value is -5.27. The van der Waals surface area contributed by atoms with Gasteiger partial charge in [0.05, 0.1) is 35.0 Å². The summed E-state index contributed by atoms with van der Waals surface area (Å²) in [6.07, 6.45) is -6.54. The van der Waals surface area contributed by atoms with Crippen LogP contribution in [0.25, 0.3) is 0 Å². The molecule has 1 amide bonds. The summed E-state index contributed by atoms with van der Waals surface area (Å²) in [5, 5.41) is 20.8. The van der Waals surface area contributed by atoms with Crippen LogP contribution in [0.3, 0.4) is 0 Å². The topological polar surface area (TPSA) is 146 Å². The van der Waals surface area contributed by atoms with Gasteiger partial charge in [0.2, 0.25) is 5.89 Å². The van der Waals surface area contributed by atoms with Crippen molar-refractivity contribution in [3.63, 3.8) is 0 Å². The van der Waals surface area contributed by atoms with Crippen LogP contribution in [0.2, 0.25) is 0 Å². The van der Waals surface area contributed by atoms with Crippen molar-refractivity contribution in [3.05, 3.63) is 82.6 Å². The van der Waals surface area contributed by atoms with E-state index in [-0.39, 0.29) is 12.1 Å². The van der Waals surface area contributed by atoms with E-state index in [4.69, 9.17) is 5.26 Å². The lowest BCUT2D eigenvalue weighted by Crippen LogP contribution is -2.32. The Kier molecular flexibility index (Phi) is 7.61. The number of aromatic nitrogens is 5. The third-order valence-corrected chi connectivity index (χ3v) is 6.47. The van der Waals surface area contributed by atoms with Crippen LogP contribution >= 0.6 is 0 Å². The summed E-state index contributed by atoms with van der Waals surface area (Å²) < 4.78 is 83.0. The Bertz CT molecular complexity index is 1700. The van der Waals surface area contributed by atoms with Crippen molar-refractivity contribution >= 4 is 23.2 Å². The maximum atomic E-state index is 13.4. The zero-order valence-corrected chi connectivity index (χ0v) is 22.0. The van der Waals surface area contributed by atoms with E-state index >= 15 is 0 Å². The Morgan fingerprint density at radius 2 is 1.86 bits per heavy atom. The molecular formula is C26H19F6N9O2. The molecule has 1 aromatic carbocycles. The average Bonchev–Trinajstić information content (AvgIpc) is 3.48. The number of nitriles is 1. The van der Waals surface area contributed by atoms with E-state index in [2.05, 4.69) is 40.2 Å². The minimum absolute atomic E-state index is 0.106. The van der Waals surface area contributed by atoms with E-state index < -0.39 is 47.2 Å². The molecule has 1 aliphatic rings. The molecule has 0 radical (unpaired) electrons. The smallest absolute Gasteiger partial charge is 0.415 e. The molecule has 0 aliphatic carbocycles. The van der Waals surface area contributed by atoms with Gasteiger partial charge in [0.1, 0.15) is 24.0 Å². The zero-order valence-electron chi connectivity index (χ0n) is 22.0. The van der Waals surface area contributed by atoms with Gasteiger partial charge in [-0.1, -0.05) is 0 Å². The number of nitrogens with one attached hydrogen (secondary N) is 2. The standard InChI is InChI=1S/C26H19F6N9O2/c1-13(23-39-40-24(43-23)26(30,31)32)37-22(42)15-3-5-20(34-10-15)38-21-17-6-7-41(11-19(17)35-12-36-21)16-4-2-14(9-33)18(8-16)25(27,28)29/h2-5,8,10,12-13H,6-7,11H2,1H3,(H,37,42)(H,34,35,36,38). The molecule has 0 saturated heterocycles. The summed E-state index contributed by atoms with van der Waals surface area (Å²) in [5.41, 5.74) is 0.259. The molecule has 4 heterocycles. The van der Waals surface area contributed by atoms with Gasteiger partial charge >= 0.3 is 18.2 Å². The van der Waals surface area contributed by atoms with Crippen molar-refractivity contribution in [2.75, 3.05) is 16.8 Å². The number of halogens is 6. The van der Waals surface area contributed by atoms with Crippen LogP contribution in [-0.4, -0.2) is 37.6 Å². The monoisotopic (exact) mass is 603 g/mol. The first-order chi connectivity index (χ1) is 20.3. The predicted molar refractivity (Wildman–Crippen MR) is 136 cm³/mol. The molecular weight excluding hydrogens is 584 g/mol. The molecule has 0 spiro atoms. The van der Waals surface area contributed by atoms with Crippen LogP contribution in [0.4, 0.5) is 43.7 Å². The Morgan fingerprint density at radius 3 is 2.51 bits per heavy atom. The lowest BCUT2D eigenvalue weighted by molar-refractivity contribution is -0.157. The molecule has 4 aromatic rings. The van der Waals surface area contributed by atoms with Crippen molar-refractivity contribution in [1.82, 2.24) is 30.5 Å². The minimum Gasteiger partial charge on any atom is -0.415 e. The molecule has 0 saturated carbocycles. The van der Waals surface area contributed by atoms with Crippen LogP contribution in [0.5, 0.6) is 0 Å². The number of hydrogen-bond donors (Lipinski definition) is 2. The quantitative estimate of drug-likeness (QED) is 0.290. The molecule has 1 atom stereocenters. The van der Waals surface area contributed by atoms with Gasteiger partial charge in [0.15, 0.2) is 0 Å². The molecule has 3 aromatic heterocycles. The summed E-state index contributed by atoms with van der Waals surface area (Å²) >= 11 is 0. The summed E-state index contributed by atoms with van der Waals surface area (Å²) in [6, 6.07) is 7.05. The number of amides is 1. The second kappa shape index (κ2) is 11.2. The third kappa shape index (κ3) is 6.32. The van der Waals surface area contributed by atoms with Crippen LogP contribution in [0.15, 0.2) is 47.3 Å². The number of anilines is 3. The first-order valence-corrected chi connectivity index (χ1v) is 12.5. The zero-order chi connectivity index (χ0) is 30.9. The summed E-state index contributed by atoms with van der Waals surface area (Å²) in [4.78, 5) is 27.0. The van der Waals surface area contributed by atoms with Crippen LogP contribution in [0.1, 0.15) is 57.5 Å². The fourth-order valence-corrected chi connectivity index (χ4v) is 4.33. The van der Waals surface area contributed by atoms with Crippen molar-refractivity contribution in [1.29, 1.82) is 5.26 Å². The predicted octanol–water partition coefficient (Wildman–Crippen LogP) is 4.96. The number of benzene rings is 1. The van der Waals surface area contributed by atoms with E-state index in [0.29, 0.717) is 36.0 Å². The van der Waals surface area contributed by atoms with Gasteiger partial charge in [-0.3, -0.25) is 4.79 Å². The van der Waals surface area contributed by atoms with E-state index in [0.717, 1.165) is 17.7 Å². The minimum atomic E-state index is -4.81. The Morgan fingerprint density at radius 1 is 1.07 bits per heavy atom. The van der Waals surface area contributed by atoms with Gasteiger partial charge in [-0.05, 0) is 43.7 Å². The number of alkyl halides is 6. The highest BCUT2D eigenvalue weighted by Crippen LogP contribution is 2.36. The summed E-state index contributed by atoms with van der Waals surface area (Å²) in [6.45, 7) is 1.93. The third-order valence-electron chi connectivity index (χ3n) is 6.47. The van der Waals surface area contributed by atoms with Crippen LogP contribution in [-0.2, 0) is 25.3 Å². The summed E-state index contributed by atoms with van der Waals surface area (Å²) in [5.74, 6) is -1.84. The number of nitrogens with zero attached hydrogens (tertiary/aromatic N) is 7. The van der Waals surface area contributed by atoms with Gasteiger partial charge in [0, 0.05) is 24.0 Å². The second-order valence-corrected chi connectivity index (χ2v) is 9.35. The van der Waals surface area contributed by atoms with Gasteiger partial charge in [-0.2, -0.15) is 31.6 Å². The number of rotatable bonds is 6. The first kappa shape index (κ1) is 29.2. The van der Waals surface area contributed by atoms with Crippen molar-refractivity contribution in [2.45, 2.75) is 38.3 Å². The fraction of sp³-hybridized carbons (Fsp3) is 0.269. The van der Waals surface area contributed by atoms with E-state index in [9.17, 15) is 31.1 Å². The summed E-state index contributed by atoms with van der Waals surface area (Å²) in [7, 11) is 0. The lowest BCUT2D eigenvalue weighted by Gasteiger charge is -2.31. The van der Waals surface area contributed by atoms with Gasteiger partial charge in [-0.15, -0.1) is 10.2 Å². The van der Waals surface area contributed by atoms with E-state index in [1.54, 1.807) is 11.0 Å². The largest absolute Gasteiger partial charge is 0.470 e. The Balaban J connectivity index is 1.25. The Labute approximate surface area is 238 Å². The van der Waals surface area contributed by atoms with Gasteiger partial charge in [0.25, 0.3) is 5.91 Å². The second-order valence-electron chi connectivity index (χ2n) is 9.35. The number of carbonyl (C=O) groups excluding carboxylic acids is 1. The molecule has 0 fully saturated rings. The average molecular weight is 603 g/mol. The normalized spacial score (nSPS) is 14.0. The van der Waals surface area contributed by atoms with Gasteiger partial charge < -0.3 is 20.0 Å². The van der Waals surface area contributed by atoms with Crippen molar-refractivity contribution in [3.8, 4) is 6.07 Å². The first-order valence-electron chi connectivity index (χ1n) is 12.5. The van der Waals surface area contributed by atoms with Crippen molar-refractivity contribution in [2.24, 2.45) is 0 Å². The molecule has 11 nitrogen and oxygen atoms in total. The van der Waals surface area contributed by atoms with Crippen LogP contribution < -0.4 is 15.5 Å². The highest BCUT2D eigenvalue weighted by atomic mass is 19.4. The number of carbonyl (C=O) groups is 1. The molecule has 17 heteroatoms. The molecule has 5 rings (SSSR count). The van der Waals surface area contributed by atoms with Gasteiger partial charge in [-0.25, -0.2) is 15.0 Å². The van der Waals surface area contributed by atoms with E-state index in [1.165, 1.54) is 37.6 Å². The SMILES string of the molecule is CC(NC(=O)c1ccc(Nc2ncnc3c2CCN(c2ccc(C#N)c(C(F)(F)F)c2)C3)nc1)c1nnc(C(F)(F)F)o1. The molecule has 2 N–H and O–H groups in total. The molecule has 1 aliphatic heterocycles. The number of fused-ring (bicyclic) bond motifs is 1. The maximum absolute atomic E-state index is 13.4. The van der Waals surface area contributed by atoms with Crippen molar-refractivity contribution < 1.29 is 35.6 Å². The highest BCUT2D eigenvalue weighted by Gasteiger charge is 2.39. The lowest BCUT2D eigenvalue weighted by atomic mass is 10.0. The van der Waals surface area contributed by atoms with E-state index in [1.807, 2.05) is 0 Å². The number of hydrogen-bond acceptors (Lipinski definition) is 10. The molecule has 222 valence electrons. The highest BCUT2D eigenvalue weighted by molar-refractivity contribution is 5.94. The maximum Gasteiger partial charge on any atom is 0.470 e. The van der Waals surface area contributed by atoms with Crippen LogP contribution in [0, 0.1) is 11.3 Å². The fourth-order valence-electron chi connectivity index (χ4n) is 4.33. The number of pyridine rings is 1. The molecule has 0 bridgehead atoms. The molecule has 1 unspecified atom stereocenters.